The van der Waals surface area contributed by atoms with E-state index in [4.69, 9.17) is 0 Å². The van der Waals surface area contributed by atoms with Crippen LogP contribution in [0.4, 0.5) is 0 Å². The first-order valence-electron chi connectivity index (χ1n) is 6.64. The largest absolute Gasteiger partial charge is 0.356 e. The predicted molar refractivity (Wildman–Crippen MR) is 91.9 cm³/mol. The van der Waals surface area contributed by atoms with E-state index in [9.17, 15) is 0 Å². The minimum atomic E-state index is 0. The highest BCUT2D eigenvalue weighted by Crippen LogP contribution is 2.04. The number of nitrogens with one attached hydrogen (secondary N) is 2. The fraction of sp³-hybridized carbons (Fsp3) is 0.571. The fourth-order valence-electron chi connectivity index (χ4n) is 1.72. The summed E-state index contributed by atoms with van der Waals surface area (Å²) >= 11 is 0. The van der Waals surface area contributed by atoms with Crippen molar-refractivity contribution in [2.45, 2.75) is 33.2 Å². The van der Waals surface area contributed by atoms with Gasteiger partial charge in [-0.2, -0.15) is 0 Å². The second-order valence-corrected chi connectivity index (χ2v) is 4.31. The smallest absolute Gasteiger partial charge is 0.191 e. The number of halogens is 1. The van der Waals surface area contributed by atoms with Crippen LogP contribution in [0.3, 0.4) is 0 Å². The Hall–Kier alpha value is -0.850. The van der Waals surface area contributed by atoms with Gasteiger partial charge in [-0.25, -0.2) is 0 Å². The molecule has 0 aliphatic carbocycles. The summed E-state index contributed by atoms with van der Waals surface area (Å²) in [6.07, 6.45) is 4.19. The highest BCUT2D eigenvalue weighted by molar-refractivity contribution is 14.0. The first-order chi connectivity index (χ1) is 8.80. The molecule has 0 atom stereocenters. The van der Waals surface area contributed by atoms with E-state index in [-0.39, 0.29) is 24.0 Å². The summed E-state index contributed by atoms with van der Waals surface area (Å²) in [5, 5.41) is 6.62. The number of hydrogen-bond acceptors (Lipinski definition) is 2. The molecule has 2 N–H and O–H groups in total. The summed E-state index contributed by atoms with van der Waals surface area (Å²) in [5.74, 6) is 1.55. The zero-order valence-corrected chi connectivity index (χ0v) is 14.3. The summed E-state index contributed by atoms with van der Waals surface area (Å²) in [7, 11) is 1.79. The number of nitrogens with zero attached hydrogens (tertiary/aromatic N) is 2. The van der Waals surface area contributed by atoms with Crippen molar-refractivity contribution in [3.63, 3.8) is 0 Å². The van der Waals surface area contributed by atoms with Crippen LogP contribution < -0.4 is 10.6 Å². The third-order valence-corrected chi connectivity index (χ3v) is 3.10. The SMILES string of the molecule is CCC(CC)CNC(=NC)NCc1ccccn1.I. The van der Waals surface area contributed by atoms with Crippen LogP contribution in [0.2, 0.25) is 0 Å². The summed E-state index contributed by atoms with van der Waals surface area (Å²) in [5.41, 5.74) is 1.02. The van der Waals surface area contributed by atoms with Gasteiger partial charge in [0, 0.05) is 19.8 Å². The molecule has 0 amide bonds. The maximum atomic E-state index is 4.27. The Morgan fingerprint density at radius 1 is 1.26 bits per heavy atom. The molecule has 0 unspecified atom stereocenters. The second-order valence-electron chi connectivity index (χ2n) is 4.31. The van der Waals surface area contributed by atoms with Crippen LogP contribution in [0, 0.1) is 5.92 Å². The van der Waals surface area contributed by atoms with Crippen LogP contribution in [0.1, 0.15) is 32.4 Å². The van der Waals surface area contributed by atoms with E-state index in [0.29, 0.717) is 12.5 Å². The van der Waals surface area contributed by atoms with Gasteiger partial charge in [0.25, 0.3) is 0 Å². The summed E-state index contributed by atoms with van der Waals surface area (Å²) in [4.78, 5) is 8.48. The van der Waals surface area contributed by atoms with Crippen molar-refractivity contribution < 1.29 is 0 Å². The molecule has 0 radical (unpaired) electrons. The number of rotatable bonds is 6. The van der Waals surface area contributed by atoms with E-state index in [0.717, 1.165) is 18.2 Å². The van der Waals surface area contributed by atoms with Crippen LogP contribution in [-0.2, 0) is 6.54 Å². The molecule has 0 saturated heterocycles. The van der Waals surface area contributed by atoms with Gasteiger partial charge in [-0.15, -0.1) is 24.0 Å². The molecule has 1 rings (SSSR count). The van der Waals surface area contributed by atoms with Gasteiger partial charge < -0.3 is 10.6 Å². The average Bonchev–Trinajstić information content (AvgIpc) is 2.44. The maximum absolute atomic E-state index is 4.27. The number of guanidine groups is 1. The lowest BCUT2D eigenvalue weighted by molar-refractivity contribution is 0.481. The highest BCUT2D eigenvalue weighted by Gasteiger charge is 2.04. The quantitative estimate of drug-likeness (QED) is 0.456. The minimum Gasteiger partial charge on any atom is -0.356 e. The van der Waals surface area contributed by atoms with Crippen molar-refractivity contribution >= 4 is 29.9 Å². The summed E-state index contributed by atoms with van der Waals surface area (Å²) in [6, 6.07) is 5.91. The molecule has 0 aliphatic heterocycles. The Morgan fingerprint density at radius 3 is 2.53 bits per heavy atom. The molecule has 4 nitrogen and oxygen atoms in total. The van der Waals surface area contributed by atoms with E-state index in [1.807, 2.05) is 18.2 Å². The van der Waals surface area contributed by atoms with Crippen molar-refractivity contribution in [3.8, 4) is 0 Å². The Balaban J connectivity index is 0.00000324. The Labute approximate surface area is 133 Å². The number of hydrogen-bond donors (Lipinski definition) is 2. The van der Waals surface area contributed by atoms with Gasteiger partial charge in [0.15, 0.2) is 5.96 Å². The Morgan fingerprint density at radius 2 is 2.00 bits per heavy atom. The minimum absolute atomic E-state index is 0. The zero-order valence-electron chi connectivity index (χ0n) is 12.0. The van der Waals surface area contributed by atoms with Gasteiger partial charge in [0.2, 0.25) is 0 Å². The Kier molecular flexibility index (Phi) is 10.5. The van der Waals surface area contributed by atoms with Crippen molar-refractivity contribution in [1.82, 2.24) is 15.6 Å². The topological polar surface area (TPSA) is 49.3 Å². The monoisotopic (exact) mass is 376 g/mol. The van der Waals surface area contributed by atoms with Crippen molar-refractivity contribution in [1.29, 1.82) is 0 Å². The van der Waals surface area contributed by atoms with Crippen LogP contribution in [-0.4, -0.2) is 24.5 Å². The molecule has 1 aromatic heterocycles. The molecule has 1 heterocycles. The second kappa shape index (κ2) is 11.0. The molecule has 5 heteroatoms. The van der Waals surface area contributed by atoms with E-state index >= 15 is 0 Å². The molecule has 19 heavy (non-hydrogen) atoms. The molecule has 0 saturated carbocycles. The van der Waals surface area contributed by atoms with Crippen LogP contribution in [0.15, 0.2) is 29.4 Å². The maximum Gasteiger partial charge on any atom is 0.191 e. The molecular weight excluding hydrogens is 351 g/mol. The van der Waals surface area contributed by atoms with E-state index in [2.05, 4.69) is 34.5 Å². The fourth-order valence-corrected chi connectivity index (χ4v) is 1.72. The zero-order chi connectivity index (χ0) is 13.2. The van der Waals surface area contributed by atoms with E-state index in [1.54, 1.807) is 13.2 Å². The molecule has 0 bridgehead atoms. The van der Waals surface area contributed by atoms with Crippen molar-refractivity contribution in [2.24, 2.45) is 10.9 Å². The van der Waals surface area contributed by atoms with Crippen molar-refractivity contribution in [3.05, 3.63) is 30.1 Å². The van der Waals surface area contributed by atoms with Gasteiger partial charge in [-0.1, -0.05) is 32.8 Å². The molecule has 0 aromatic carbocycles. The van der Waals surface area contributed by atoms with E-state index in [1.165, 1.54) is 12.8 Å². The van der Waals surface area contributed by atoms with Gasteiger partial charge >= 0.3 is 0 Å². The van der Waals surface area contributed by atoms with Gasteiger partial charge in [0.05, 0.1) is 12.2 Å². The first-order valence-corrected chi connectivity index (χ1v) is 6.64. The predicted octanol–water partition coefficient (Wildman–Crippen LogP) is 2.80. The van der Waals surface area contributed by atoms with Crippen molar-refractivity contribution in [2.75, 3.05) is 13.6 Å². The standard InChI is InChI=1S/C14H24N4.HI/c1-4-12(5-2)10-17-14(15-3)18-11-13-8-6-7-9-16-13;/h6-9,12H,4-5,10-11H2,1-3H3,(H2,15,17,18);1H. The molecule has 0 spiro atoms. The third kappa shape index (κ3) is 7.34. The molecular formula is C14H25IN4. The number of aliphatic imine (C=N–C) groups is 1. The lowest BCUT2D eigenvalue weighted by atomic mass is 10.0. The molecule has 1 aromatic rings. The third-order valence-electron chi connectivity index (χ3n) is 3.10. The normalized spacial score (nSPS) is 11.1. The molecule has 0 aliphatic rings. The summed E-state index contributed by atoms with van der Waals surface area (Å²) in [6.45, 7) is 6.11. The number of aromatic nitrogens is 1. The number of pyridine rings is 1. The molecule has 108 valence electrons. The first kappa shape index (κ1) is 18.1. The highest BCUT2D eigenvalue weighted by atomic mass is 127. The lowest BCUT2D eigenvalue weighted by Crippen LogP contribution is -2.39. The van der Waals surface area contributed by atoms with Gasteiger partial charge in [0.1, 0.15) is 0 Å². The van der Waals surface area contributed by atoms with Crippen LogP contribution in [0.5, 0.6) is 0 Å². The van der Waals surface area contributed by atoms with E-state index < -0.39 is 0 Å². The van der Waals surface area contributed by atoms with Crippen LogP contribution >= 0.6 is 24.0 Å². The molecule has 0 fully saturated rings. The van der Waals surface area contributed by atoms with Gasteiger partial charge in [-0.3, -0.25) is 9.98 Å². The van der Waals surface area contributed by atoms with Gasteiger partial charge in [-0.05, 0) is 18.1 Å². The van der Waals surface area contributed by atoms with Crippen LogP contribution in [0.25, 0.3) is 0 Å². The Bertz CT molecular complexity index is 350. The summed E-state index contributed by atoms with van der Waals surface area (Å²) < 4.78 is 0. The lowest BCUT2D eigenvalue weighted by Gasteiger charge is -2.16. The average molecular weight is 376 g/mol.